The molecule has 2 heteroatoms. The second kappa shape index (κ2) is 3.97. The van der Waals surface area contributed by atoms with E-state index in [0.29, 0.717) is 11.6 Å². The van der Waals surface area contributed by atoms with Crippen molar-refractivity contribution >= 4 is 5.69 Å². The van der Waals surface area contributed by atoms with Gasteiger partial charge in [-0.2, -0.15) is 5.26 Å². The summed E-state index contributed by atoms with van der Waals surface area (Å²) >= 11 is 0. The van der Waals surface area contributed by atoms with Crippen molar-refractivity contribution in [1.82, 2.24) is 0 Å². The third-order valence-electron chi connectivity index (χ3n) is 2.39. The van der Waals surface area contributed by atoms with Gasteiger partial charge in [0.2, 0.25) is 0 Å². The van der Waals surface area contributed by atoms with Gasteiger partial charge in [0.15, 0.2) is 0 Å². The van der Waals surface area contributed by atoms with Crippen LogP contribution in [-0.4, -0.2) is 6.04 Å². The zero-order valence-corrected chi connectivity index (χ0v) is 7.90. The summed E-state index contributed by atoms with van der Waals surface area (Å²) in [5.74, 6) is 0. The largest absolute Gasteiger partial charge is 0.382 e. The van der Waals surface area contributed by atoms with Gasteiger partial charge in [0.1, 0.15) is 0 Å². The summed E-state index contributed by atoms with van der Waals surface area (Å²) in [6.07, 6.45) is 6.59. The van der Waals surface area contributed by atoms with Crippen LogP contribution in [0.4, 0.5) is 5.69 Å². The molecule has 0 amide bonds. The van der Waals surface area contributed by atoms with Crippen molar-refractivity contribution in [3.8, 4) is 6.07 Å². The quantitative estimate of drug-likeness (QED) is 0.717. The lowest BCUT2D eigenvalue weighted by atomic mass is 10.2. The van der Waals surface area contributed by atoms with Gasteiger partial charge in [-0.25, -0.2) is 0 Å². The molecule has 1 aliphatic rings. The average molecular weight is 184 g/mol. The molecule has 0 heterocycles. The maximum atomic E-state index is 8.63. The van der Waals surface area contributed by atoms with Gasteiger partial charge >= 0.3 is 0 Å². The minimum absolute atomic E-state index is 0.530. The van der Waals surface area contributed by atoms with E-state index in [1.807, 2.05) is 24.3 Å². The molecule has 0 spiro atoms. The van der Waals surface area contributed by atoms with Gasteiger partial charge in [0.25, 0.3) is 0 Å². The van der Waals surface area contributed by atoms with Crippen LogP contribution in [0.15, 0.2) is 36.4 Å². The number of benzene rings is 1. The first-order valence-electron chi connectivity index (χ1n) is 4.80. The number of nitrogens with one attached hydrogen (secondary N) is 1. The van der Waals surface area contributed by atoms with Crippen molar-refractivity contribution in [3.05, 3.63) is 42.0 Å². The number of rotatable bonds is 2. The van der Waals surface area contributed by atoms with E-state index in [4.69, 9.17) is 5.26 Å². The normalized spacial score (nSPS) is 15.4. The maximum absolute atomic E-state index is 8.63. The molecule has 0 aliphatic heterocycles. The van der Waals surface area contributed by atoms with Crippen LogP contribution in [-0.2, 0) is 0 Å². The van der Waals surface area contributed by atoms with E-state index in [9.17, 15) is 0 Å². The van der Waals surface area contributed by atoms with Crippen LogP contribution in [0.5, 0.6) is 0 Å². The van der Waals surface area contributed by atoms with E-state index in [1.165, 1.54) is 0 Å². The van der Waals surface area contributed by atoms with Crippen LogP contribution in [0.2, 0.25) is 0 Å². The summed E-state index contributed by atoms with van der Waals surface area (Å²) in [5, 5.41) is 12.1. The zero-order valence-electron chi connectivity index (χ0n) is 7.90. The number of hydrogen-bond acceptors (Lipinski definition) is 2. The predicted molar refractivity (Wildman–Crippen MR) is 56.9 cm³/mol. The molecule has 1 aromatic rings. The molecule has 1 N–H and O–H groups in total. The van der Waals surface area contributed by atoms with Crippen LogP contribution in [0.1, 0.15) is 18.4 Å². The van der Waals surface area contributed by atoms with Crippen molar-refractivity contribution in [2.45, 2.75) is 18.9 Å². The highest BCUT2D eigenvalue weighted by Gasteiger charge is 2.08. The van der Waals surface area contributed by atoms with E-state index in [2.05, 4.69) is 23.5 Å². The summed E-state index contributed by atoms with van der Waals surface area (Å²) in [6, 6.07) is 10.2. The Hall–Kier alpha value is -1.75. The first-order valence-corrected chi connectivity index (χ1v) is 4.80. The van der Waals surface area contributed by atoms with Crippen LogP contribution in [0.25, 0.3) is 0 Å². The summed E-state index contributed by atoms with van der Waals surface area (Å²) in [7, 11) is 0. The van der Waals surface area contributed by atoms with Crippen LogP contribution in [0, 0.1) is 11.3 Å². The first kappa shape index (κ1) is 8.83. The maximum Gasteiger partial charge on any atom is 0.0991 e. The third kappa shape index (κ3) is 1.94. The van der Waals surface area contributed by atoms with Crippen LogP contribution in [0.3, 0.4) is 0 Å². The molecule has 0 fully saturated rings. The van der Waals surface area contributed by atoms with Crippen molar-refractivity contribution in [1.29, 1.82) is 5.26 Å². The summed E-state index contributed by atoms with van der Waals surface area (Å²) < 4.78 is 0. The number of anilines is 1. The molecule has 1 aromatic carbocycles. The van der Waals surface area contributed by atoms with Gasteiger partial charge in [0, 0.05) is 11.7 Å². The molecule has 0 radical (unpaired) electrons. The Morgan fingerprint density at radius 3 is 2.36 bits per heavy atom. The fourth-order valence-corrected chi connectivity index (χ4v) is 1.61. The van der Waals surface area contributed by atoms with E-state index in [-0.39, 0.29) is 0 Å². The van der Waals surface area contributed by atoms with Gasteiger partial charge in [-0.1, -0.05) is 12.2 Å². The second-order valence-corrected chi connectivity index (χ2v) is 3.47. The van der Waals surface area contributed by atoms with Crippen LogP contribution < -0.4 is 5.32 Å². The highest BCUT2D eigenvalue weighted by atomic mass is 14.9. The second-order valence-electron chi connectivity index (χ2n) is 3.47. The number of nitriles is 1. The Morgan fingerprint density at radius 1 is 1.14 bits per heavy atom. The molecule has 2 nitrogen and oxygen atoms in total. The molecule has 0 bridgehead atoms. The highest BCUT2D eigenvalue weighted by molar-refractivity contribution is 5.48. The van der Waals surface area contributed by atoms with Gasteiger partial charge in [-0.15, -0.1) is 0 Å². The Bertz CT molecular complexity index is 362. The fourth-order valence-electron chi connectivity index (χ4n) is 1.61. The Kier molecular flexibility index (Phi) is 2.51. The molecule has 2 rings (SSSR count). The van der Waals surface area contributed by atoms with Crippen molar-refractivity contribution in [3.63, 3.8) is 0 Å². The van der Waals surface area contributed by atoms with Gasteiger partial charge in [0.05, 0.1) is 11.6 Å². The predicted octanol–water partition coefficient (Wildman–Crippen LogP) is 2.69. The Balaban J connectivity index is 2.00. The third-order valence-corrected chi connectivity index (χ3v) is 2.39. The van der Waals surface area contributed by atoms with E-state index in [0.717, 1.165) is 18.5 Å². The van der Waals surface area contributed by atoms with Crippen molar-refractivity contribution < 1.29 is 0 Å². The SMILES string of the molecule is N#Cc1ccc(NC2CC=CC2)cc1. The minimum Gasteiger partial charge on any atom is -0.382 e. The standard InChI is InChI=1S/C12H12N2/c13-9-10-5-7-12(8-6-10)14-11-3-1-2-4-11/h1-2,5-8,11,14H,3-4H2. The van der Waals surface area contributed by atoms with Crippen molar-refractivity contribution in [2.24, 2.45) is 0 Å². The number of hydrogen-bond donors (Lipinski definition) is 1. The molecular formula is C12H12N2. The van der Waals surface area contributed by atoms with Crippen molar-refractivity contribution in [2.75, 3.05) is 5.32 Å². The molecule has 0 unspecified atom stereocenters. The lowest BCUT2D eigenvalue weighted by Gasteiger charge is -2.13. The number of nitrogens with zero attached hydrogens (tertiary/aromatic N) is 1. The van der Waals surface area contributed by atoms with E-state index >= 15 is 0 Å². The van der Waals surface area contributed by atoms with Gasteiger partial charge < -0.3 is 5.32 Å². The van der Waals surface area contributed by atoms with E-state index < -0.39 is 0 Å². The molecule has 70 valence electrons. The molecule has 0 atom stereocenters. The fraction of sp³-hybridized carbons (Fsp3) is 0.250. The summed E-state index contributed by atoms with van der Waals surface area (Å²) in [4.78, 5) is 0. The van der Waals surface area contributed by atoms with E-state index in [1.54, 1.807) is 0 Å². The van der Waals surface area contributed by atoms with Gasteiger partial charge in [-0.05, 0) is 37.1 Å². The zero-order chi connectivity index (χ0) is 9.80. The Labute approximate surface area is 83.9 Å². The van der Waals surface area contributed by atoms with Gasteiger partial charge in [-0.3, -0.25) is 0 Å². The molecule has 0 saturated carbocycles. The molecule has 1 aliphatic carbocycles. The average Bonchev–Trinajstić information content (AvgIpc) is 2.72. The summed E-state index contributed by atoms with van der Waals surface area (Å²) in [6.45, 7) is 0. The lowest BCUT2D eigenvalue weighted by Crippen LogP contribution is -2.14. The van der Waals surface area contributed by atoms with Crippen LogP contribution >= 0.6 is 0 Å². The molecule has 0 aromatic heterocycles. The minimum atomic E-state index is 0.530. The first-order chi connectivity index (χ1) is 6.88. The molecular weight excluding hydrogens is 172 g/mol. The summed E-state index contributed by atoms with van der Waals surface area (Å²) in [5.41, 5.74) is 1.80. The Morgan fingerprint density at radius 2 is 1.79 bits per heavy atom. The molecule has 0 saturated heterocycles. The topological polar surface area (TPSA) is 35.8 Å². The monoisotopic (exact) mass is 184 g/mol. The lowest BCUT2D eigenvalue weighted by molar-refractivity contribution is 0.787. The highest BCUT2D eigenvalue weighted by Crippen LogP contribution is 2.17. The molecule has 14 heavy (non-hydrogen) atoms. The smallest absolute Gasteiger partial charge is 0.0991 e.